The van der Waals surface area contributed by atoms with Crippen molar-refractivity contribution in [2.75, 3.05) is 0 Å². The first-order valence-corrected chi connectivity index (χ1v) is 6.22. The summed E-state index contributed by atoms with van der Waals surface area (Å²) >= 11 is 0. The van der Waals surface area contributed by atoms with Crippen molar-refractivity contribution in [3.05, 3.63) is 41.1 Å². The van der Waals surface area contributed by atoms with Gasteiger partial charge in [0, 0.05) is 18.2 Å². The molecule has 21 heavy (non-hydrogen) atoms. The van der Waals surface area contributed by atoms with Gasteiger partial charge >= 0.3 is 12.1 Å². The van der Waals surface area contributed by atoms with Gasteiger partial charge in [0.15, 0.2) is 5.69 Å². The Morgan fingerprint density at radius 2 is 2.05 bits per heavy atom. The van der Waals surface area contributed by atoms with Crippen LogP contribution >= 0.6 is 0 Å². The smallest absolute Gasteiger partial charge is 0.416 e. The first-order chi connectivity index (χ1) is 9.75. The molecule has 2 aromatic rings. The molecule has 0 spiro atoms. The normalized spacial score (nSPS) is 11.7. The molecule has 1 heterocycles. The Morgan fingerprint density at radius 3 is 2.57 bits per heavy atom. The monoisotopic (exact) mass is 298 g/mol. The third kappa shape index (κ3) is 2.76. The number of carboxylic acid groups (broad SMARTS) is 1. The molecule has 1 aromatic heterocycles. The molecule has 0 aliphatic carbocycles. The quantitative estimate of drug-likeness (QED) is 0.945. The zero-order valence-corrected chi connectivity index (χ0v) is 11.4. The Morgan fingerprint density at radius 1 is 1.38 bits per heavy atom. The third-order valence-corrected chi connectivity index (χ3v) is 3.16. The van der Waals surface area contributed by atoms with Gasteiger partial charge in [-0.25, -0.2) is 4.79 Å². The molecule has 0 radical (unpaired) electrons. The average molecular weight is 298 g/mol. The number of rotatable bonds is 3. The molecule has 0 aliphatic rings. The van der Waals surface area contributed by atoms with E-state index in [1.165, 1.54) is 23.9 Å². The minimum Gasteiger partial charge on any atom is -0.476 e. The van der Waals surface area contributed by atoms with Crippen LogP contribution in [0.25, 0.3) is 11.3 Å². The molecular weight excluding hydrogens is 285 g/mol. The lowest BCUT2D eigenvalue weighted by Gasteiger charge is -2.10. The topological polar surface area (TPSA) is 55.1 Å². The zero-order valence-electron chi connectivity index (χ0n) is 11.4. The van der Waals surface area contributed by atoms with Crippen molar-refractivity contribution in [3.63, 3.8) is 0 Å². The molecule has 0 unspecified atom stereocenters. The van der Waals surface area contributed by atoms with E-state index >= 15 is 0 Å². The highest BCUT2D eigenvalue weighted by Gasteiger charge is 2.31. The van der Waals surface area contributed by atoms with Crippen LogP contribution in [0.5, 0.6) is 0 Å². The molecule has 2 rings (SSSR count). The zero-order chi connectivity index (χ0) is 15.8. The predicted octanol–water partition coefficient (Wildman–Crippen LogP) is 3.37. The summed E-state index contributed by atoms with van der Waals surface area (Å²) in [5.41, 5.74) is 0.196. The van der Waals surface area contributed by atoms with Crippen LogP contribution in [0.2, 0.25) is 0 Å². The molecule has 4 nitrogen and oxygen atoms in total. The van der Waals surface area contributed by atoms with Crippen LogP contribution in [-0.4, -0.2) is 20.9 Å². The number of hydrogen-bond acceptors (Lipinski definition) is 2. The van der Waals surface area contributed by atoms with Crippen molar-refractivity contribution in [2.24, 2.45) is 7.05 Å². The van der Waals surface area contributed by atoms with Crippen LogP contribution in [-0.2, 0) is 19.6 Å². The van der Waals surface area contributed by atoms with Crippen molar-refractivity contribution >= 4 is 5.97 Å². The molecule has 112 valence electrons. The number of hydrogen-bond donors (Lipinski definition) is 1. The third-order valence-electron chi connectivity index (χ3n) is 3.16. The van der Waals surface area contributed by atoms with Gasteiger partial charge in [0.25, 0.3) is 0 Å². The Labute approximate surface area is 118 Å². The Balaban J connectivity index is 2.65. The van der Waals surface area contributed by atoms with Gasteiger partial charge in [0.2, 0.25) is 0 Å². The standard InChI is InChI=1S/C14H13F3N2O2/c1-3-10-11(13(20)21)18-19(2)12(10)8-5-4-6-9(7-8)14(15,16)17/h4-7H,3H2,1-2H3,(H,20,21). The van der Waals surface area contributed by atoms with Gasteiger partial charge < -0.3 is 5.11 Å². The van der Waals surface area contributed by atoms with Crippen LogP contribution < -0.4 is 0 Å². The Hall–Kier alpha value is -2.31. The average Bonchev–Trinajstić information content (AvgIpc) is 2.75. The van der Waals surface area contributed by atoms with Crippen LogP contribution in [0.15, 0.2) is 24.3 Å². The number of carboxylic acids is 1. The van der Waals surface area contributed by atoms with Crippen LogP contribution in [0, 0.1) is 0 Å². The molecular formula is C14H13F3N2O2. The van der Waals surface area contributed by atoms with E-state index in [2.05, 4.69) is 5.10 Å². The van der Waals surface area contributed by atoms with Gasteiger partial charge in [-0.15, -0.1) is 0 Å². The second-order valence-corrected chi connectivity index (χ2v) is 4.54. The van der Waals surface area contributed by atoms with Crippen molar-refractivity contribution < 1.29 is 23.1 Å². The molecule has 1 aromatic carbocycles. The maximum atomic E-state index is 12.8. The second kappa shape index (κ2) is 5.23. The number of benzene rings is 1. The molecule has 7 heteroatoms. The van der Waals surface area contributed by atoms with E-state index in [0.717, 1.165) is 12.1 Å². The Kier molecular flexibility index (Phi) is 3.76. The number of halogens is 3. The van der Waals surface area contributed by atoms with Crippen LogP contribution in [0.1, 0.15) is 28.5 Å². The summed E-state index contributed by atoms with van der Waals surface area (Å²) < 4.78 is 39.7. The van der Waals surface area contributed by atoms with E-state index in [4.69, 9.17) is 5.11 Å². The summed E-state index contributed by atoms with van der Waals surface area (Å²) in [4.78, 5) is 11.1. The summed E-state index contributed by atoms with van der Waals surface area (Å²) in [6.07, 6.45) is -4.09. The fourth-order valence-corrected chi connectivity index (χ4v) is 2.28. The number of aryl methyl sites for hydroxylation is 1. The summed E-state index contributed by atoms with van der Waals surface area (Å²) in [5.74, 6) is -1.19. The van der Waals surface area contributed by atoms with E-state index in [-0.39, 0.29) is 5.69 Å². The van der Waals surface area contributed by atoms with Gasteiger partial charge in [-0.05, 0) is 18.6 Å². The lowest BCUT2D eigenvalue weighted by atomic mass is 10.0. The highest BCUT2D eigenvalue weighted by Crippen LogP contribution is 2.33. The van der Waals surface area contributed by atoms with Gasteiger partial charge in [-0.2, -0.15) is 18.3 Å². The molecule has 0 amide bonds. The van der Waals surface area contributed by atoms with E-state index in [0.29, 0.717) is 23.2 Å². The van der Waals surface area contributed by atoms with Crippen LogP contribution in [0.3, 0.4) is 0 Å². The molecule has 0 fully saturated rings. The fraction of sp³-hybridized carbons (Fsp3) is 0.286. The van der Waals surface area contributed by atoms with Gasteiger partial charge in [0.05, 0.1) is 11.3 Å². The summed E-state index contributed by atoms with van der Waals surface area (Å²) in [5, 5.41) is 13.0. The minimum atomic E-state index is -4.45. The first-order valence-electron chi connectivity index (χ1n) is 6.22. The molecule has 0 saturated carbocycles. The second-order valence-electron chi connectivity index (χ2n) is 4.54. The minimum absolute atomic E-state index is 0.132. The molecule has 0 bridgehead atoms. The van der Waals surface area contributed by atoms with Crippen molar-refractivity contribution in [3.8, 4) is 11.3 Å². The van der Waals surface area contributed by atoms with Gasteiger partial charge in [0.1, 0.15) is 0 Å². The number of aromatic carboxylic acids is 1. The SMILES string of the molecule is CCc1c(C(=O)O)nn(C)c1-c1cccc(C(F)(F)F)c1. The number of carbonyl (C=O) groups is 1. The van der Waals surface area contributed by atoms with Gasteiger partial charge in [-0.3, -0.25) is 4.68 Å². The van der Waals surface area contributed by atoms with Crippen molar-refractivity contribution in [2.45, 2.75) is 19.5 Å². The molecule has 0 atom stereocenters. The predicted molar refractivity (Wildman–Crippen MR) is 70.0 cm³/mol. The van der Waals surface area contributed by atoms with Crippen LogP contribution in [0.4, 0.5) is 13.2 Å². The summed E-state index contributed by atoms with van der Waals surface area (Å²) in [6.45, 7) is 1.74. The van der Waals surface area contributed by atoms with E-state index in [9.17, 15) is 18.0 Å². The highest BCUT2D eigenvalue weighted by molar-refractivity contribution is 5.89. The number of alkyl halides is 3. The molecule has 0 saturated heterocycles. The van der Waals surface area contributed by atoms with E-state index in [1.54, 1.807) is 6.92 Å². The lowest BCUT2D eigenvalue weighted by Crippen LogP contribution is -2.05. The fourth-order valence-electron chi connectivity index (χ4n) is 2.28. The Bertz CT molecular complexity index is 690. The maximum Gasteiger partial charge on any atom is 0.416 e. The summed E-state index contributed by atoms with van der Waals surface area (Å²) in [6, 6.07) is 4.79. The number of aromatic nitrogens is 2. The van der Waals surface area contributed by atoms with Gasteiger partial charge in [-0.1, -0.05) is 19.1 Å². The summed E-state index contributed by atoms with van der Waals surface area (Å²) in [7, 11) is 1.52. The maximum absolute atomic E-state index is 12.8. The molecule has 1 N–H and O–H groups in total. The van der Waals surface area contributed by atoms with E-state index in [1.807, 2.05) is 0 Å². The van der Waals surface area contributed by atoms with Crippen molar-refractivity contribution in [1.29, 1.82) is 0 Å². The lowest BCUT2D eigenvalue weighted by molar-refractivity contribution is -0.137. The first kappa shape index (κ1) is 15.1. The number of nitrogens with zero attached hydrogens (tertiary/aromatic N) is 2. The van der Waals surface area contributed by atoms with Crippen molar-refractivity contribution in [1.82, 2.24) is 9.78 Å². The highest BCUT2D eigenvalue weighted by atomic mass is 19.4. The largest absolute Gasteiger partial charge is 0.476 e. The molecule has 0 aliphatic heterocycles. The van der Waals surface area contributed by atoms with E-state index < -0.39 is 17.7 Å².